The van der Waals surface area contributed by atoms with Crippen molar-refractivity contribution in [2.75, 3.05) is 19.8 Å². The van der Waals surface area contributed by atoms with E-state index in [4.69, 9.17) is 5.11 Å². The van der Waals surface area contributed by atoms with Crippen molar-refractivity contribution in [2.24, 2.45) is 5.92 Å². The Morgan fingerprint density at radius 1 is 1.33 bits per heavy atom. The van der Waals surface area contributed by atoms with Crippen molar-refractivity contribution >= 4 is 17.9 Å². The Morgan fingerprint density at radius 3 is 2.50 bits per heavy atom. The first-order chi connectivity index (χ1) is 8.40. The van der Waals surface area contributed by atoms with E-state index >= 15 is 0 Å². The number of imide groups is 1. The molecule has 2 unspecified atom stereocenters. The molecule has 1 heterocycles. The monoisotopic (exact) mass is 258 g/mol. The van der Waals surface area contributed by atoms with Crippen LogP contribution >= 0.6 is 0 Å². The molecule has 0 aromatic heterocycles. The second-order valence-corrected chi connectivity index (χ2v) is 4.58. The number of carboxylic acid groups (broad SMARTS) is 1. The summed E-state index contributed by atoms with van der Waals surface area (Å²) in [6.45, 7) is 3.60. The summed E-state index contributed by atoms with van der Waals surface area (Å²) in [6.07, 6.45) is 0.914. The van der Waals surface area contributed by atoms with Crippen LogP contribution in [-0.4, -0.2) is 53.7 Å². The van der Waals surface area contributed by atoms with E-state index in [1.54, 1.807) is 4.90 Å². The summed E-state index contributed by atoms with van der Waals surface area (Å²) in [7, 11) is 0. The number of nitrogens with one attached hydrogen (secondary N) is 1. The largest absolute Gasteiger partial charge is 0.480 e. The van der Waals surface area contributed by atoms with E-state index in [0.29, 0.717) is 12.5 Å². The fraction of sp³-hybridized carbons (Fsp3) is 0.727. The molecule has 0 aliphatic carbocycles. The number of hydrogen-bond donors (Lipinski definition) is 2. The van der Waals surface area contributed by atoms with Crippen LogP contribution in [-0.2, 0) is 14.3 Å². The SMILES string of the molecule is CC1CC(C)N(C(=O)NC(=O)COCC(=O)O)C1. The number of carbonyl (C=O) groups is 3. The minimum atomic E-state index is -1.16. The van der Waals surface area contributed by atoms with E-state index in [9.17, 15) is 14.4 Å². The number of rotatable bonds is 4. The summed E-state index contributed by atoms with van der Waals surface area (Å²) >= 11 is 0. The van der Waals surface area contributed by atoms with Crippen molar-refractivity contribution in [1.82, 2.24) is 10.2 Å². The number of amides is 3. The van der Waals surface area contributed by atoms with Gasteiger partial charge in [0.25, 0.3) is 5.91 Å². The van der Waals surface area contributed by atoms with Gasteiger partial charge in [-0.3, -0.25) is 10.1 Å². The molecule has 2 atom stereocenters. The van der Waals surface area contributed by atoms with E-state index in [0.717, 1.165) is 6.42 Å². The first-order valence-electron chi connectivity index (χ1n) is 5.80. The minimum Gasteiger partial charge on any atom is -0.480 e. The van der Waals surface area contributed by atoms with Gasteiger partial charge < -0.3 is 14.7 Å². The molecule has 1 aliphatic heterocycles. The molecule has 7 nitrogen and oxygen atoms in total. The highest BCUT2D eigenvalue weighted by Gasteiger charge is 2.30. The highest BCUT2D eigenvalue weighted by Crippen LogP contribution is 2.21. The summed E-state index contributed by atoms with van der Waals surface area (Å²) in [5.41, 5.74) is 0. The third-order valence-electron chi connectivity index (χ3n) is 2.75. The molecule has 18 heavy (non-hydrogen) atoms. The summed E-state index contributed by atoms with van der Waals surface area (Å²) in [6, 6.07) is -0.344. The molecule has 3 amide bonds. The molecule has 0 aromatic carbocycles. The van der Waals surface area contributed by atoms with Crippen molar-refractivity contribution in [3.05, 3.63) is 0 Å². The van der Waals surface area contributed by atoms with Gasteiger partial charge in [0.05, 0.1) is 0 Å². The van der Waals surface area contributed by atoms with E-state index in [2.05, 4.69) is 10.1 Å². The van der Waals surface area contributed by atoms with Crippen LogP contribution in [0, 0.1) is 5.92 Å². The van der Waals surface area contributed by atoms with Crippen molar-refractivity contribution in [3.8, 4) is 0 Å². The topological polar surface area (TPSA) is 95.9 Å². The second kappa shape index (κ2) is 6.34. The molecule has 2 N–H and O–H groups in total. The lowest BCUT2D eigenvalue weighted by atomic mass is 10.1. The van der Waals surface area contributed by atoms with Gasteiger partial charge in [-0.1, -0.05) is 6.92 Å². The smallest absolute Gasteiger partial charge is 0.329 e. The van der Waals surface area contributed by atoms with Gasteiger partial charge in [-0.05, 0) is 19.3 Å². The Kier molecular flexibility index (Phi) is 5.08. The van der Waals surface area contributed by atoms with Crippen molar-refractivity contribution in [3.63, 3.8) is 0 Å². The maximum absolute atomic E-state index is 11.7. The third kappa shape index (κ3) is 4.33. The number of likely N-dealkylation sites (tertiary alicyclic amines) is 1. The molecule has 1 fully saturated rings. The second-order valence-electron chi connectivity index (χ2n) is 4.58. The van der Waals surface area contributed by atoms with Crippen LogP contribution in [0.3, 0.4) is 0 Å². The fourth-order valence-corrected chi connectivity index (χ4v) is 2.04. The maximum atomic E-state index is 11.7. The quantitative estimate of drug-likeness (QED) is 0.743. The number of urea groups is 1. The summed E-state index contributed by atoms with van der Waals surface area (Å²) in [5, 5.41) is 10.5. The summed E-state index contributed by atoms with van der Waals surface area (Å²) in [5.74, 6) is -1.37. The molecule has 7 heteroatoms. The zero-order chi connectivity index (χ0) is 13.7. The number of nitrogens with zero attached hydrogens (tertiary/aromatic N) is 1. The molecule has 0 bridgehead atoms. The van der Waals surface area contributed by atoms with Crippen LogP contribution in [0.15, 0.2) is 0 Å². The normalized spacial score (nSPS) is 22.9. The van der Waals surface area contributed by atoms with E-state index in [-0.39, 0.29) is 6.04 Å². The standard InChI is InChI=1S/C11H18N2O5/c1-7-3-8(2)13(4-7)11(17)12-9(14)5-18-6-10(15)16/h7-8H,3-6H2,1-2H3,(H,15,16)(H,12,14,17). The molecule has 1 rings (SSSR count). The summed E-state index contributed by atoms with van der Waals surface area (Å²) < 4.78 is 4.59. The van der Waals surface area contributed by atoms with Crippen LogP contribution in [0.2, 0.25) is 0 Å². The number of ether oxygens (including phenoxy) is 1. The lowest BCUT2D eigenvalue weighted by Gasteiger charge is -2.21. The number of aliphatic carboxylic acids is 1. The fourth-order valence-electron chi connectivity index (χ4n) is 2.04. The molecule has 0 spiro atoms. The van der Waals surface area contributed by atoms with Gasteiger partial charge in [0.1, 0.15) is 13.2 Å². The molecule has 0 saturated carbocycles. The van der Waals surface area contributed by atoms with Crippen LogP contribution in [0.25, 0.3) is 0 Å². The predicted octanol–water partition coefficient (Wildman–Crippen LogP) is 0.0541. The Bertz CT molecular complexity index is 344. The number of hydrogen-bond acceptors (Lipinski definition) is 4. The number of carboxylic acids is 1. The average Bonchev–Trinajstić information content (AvgIpc) is 2.57. The van der Waals surface area contributed by atoms with E-state index < -0.39 is 31.1 Å². The van der Waals surface area contributed by atoms with Gasteiger partial charge in [-0.2, -0.15) is 0 Å². The Morgan fingerprint density at radius 2 is 2.00 bits per heavy atom. The Labute approximate surface area is 105 Å². The molecule has 102 valence electrons. The molecular weight excluding hydrogens is 240 g/mol. The minimum absolute atomic E-state index is 0.104. The van der Waals surface area contributed by atoms with Crippen molar-refractivity contribution in [2.45, 2.75) is 26.3 Å². The Hall–Kier alpha value is -1.63. The number of carbonyl (C=O) groups excluding carboxylic acids is 2. The van der Waals surface area contributed by atoms with Gasteiger partial charge in [0, 0.05) is 12.6 Å². The molecule has 0 aromatic rings. The van der Waals surface area contributed by atoms with Gasteiger partial charge in [0.15, 0.2) is 0 Å². The van der Waals surface area contributed by atoms with Crippen LogP contribution in [0.1, 0.15) is 20.3 Å². The van der Waals surface area contributed by atoms with Crippen molar-refractivity contribution in [1.29, 1.82) is 0 Å². The molecule has 0 radical (unpaired) electrons. The molecule has 1 aliphatic rings. The highest BCUT2D eigenvalue weighted by molar-refractivity contribution is 5.95. The first kappa shape index (κ1) is 14.4. The molecule has 1 saturated heterocycles. The predicted molar refractivity (Wildman–Crippen MR) is 61.9 cm³/mol. The lowest BCUT2D eigenvalue weighted by molar-refractivity contribution is -0.143. The maximum Gasteiger partial charge on any atom is 0.329 e. The Balaban J connectivity index is 2.31. The first-order valence-corrected chi connectivity index (χ1v) is 5.80. The van der Waals surface area contributed by atoms with Gasteiger partial charge in [0.2, 0.25) is 0 Å². The van der Waals surface area contributed by atoms with Gasteiger partial charge >= 0.3 is 12.0 Å². The van der Waals surface area contributed by atoms with Crippen molar-refractivity contribution < 1.29 is 24.2 Å². The third-order valence-corrected chi connectivity index (χ3v) is 2.75. The van der Waals surface area contributed by atoms with E-state index in [1.807, 2.05) is 13.8 Å². The zero-order valence-corrected chi connectivity index (χ0v) is 10.5. The van der Waals surface area contributed by atoms with Crippen LogP contribution in [0.4, 0.5) is 4.79 Å². The average molecular weight is 258 g/mol. The van der Waals surface area contributed by atoms with Gasteiger partial charge in [-0.15, -0.1) is 0 Å². The van der Waals surface area contributed by atoms with E-state index in [1.165, 1.54) is 0 Å². The molecular formula is C11H18N2O5. The highest BCUT2D eigenvalue weighted by atomic mass is 16.5. The lowest BCUT2D eigenvalue weighted by Crippen LogP contribution is -2.45. The van der Waals surface area contributed by atoms with Gasteiger partial charge in [-0.25, -0.2) is 9.59 Å². The van der Waals surface area contributed by atoms with Crippen LogP contribution in [0.5, 0.6) is 0 Å². The van der Waals surface area contributed by atoms with Crippen LogP contribution < -0.4 is 5.32 Å². The summed E-state index contributed by atoms with van der Waals surface area (Å²) in [4.78, 5) is 34.8. The zero-order valence-electron chi connectivity index (χ0n) is 10.5.